The molecule has 9 heteroatoms. The second kappa shape index (κ2) is 9.50. The number of aromatic nitrogens is 2. The maximum Gasteiger partial charge on any atom is 0.272 e. The molecule has 0 saturated carbocycles. The molecule has 1 unspecified atom stereocenters. The first-order valence-electron chi connectivity index (χ1n) is 10.2. The van der Waals surface area contributed by atoms with Crippen molar-refractivity contribution in [2.75, 3.05) is 13.7 Å². The number of rotatable bonds is 7. The lowest BCUT2D eigenvalue weighted by atomic mass is 9.89. The number of halogens is 2. The van der Waals surface area contributed by atoms with Gasteiger partial charge in [0, 0.05) is 6.07 Å². The fraction of sp³-hybridized carbons (Fsp3) is 0.292. The molecule has 1 aromatic heterocycles. The summed E-state index contributed by atoms with van der Waals surface area (Å²) in [6, 6.07) is 11.1. The summed E-state index contributed by atoms with van der Waals surface area (Å²) in [4.78, 5) is 25.2. The van der Waals surface area contributed by atoms with Gasteiger partial charge in [-0.3, -0.25) is 9.59 Å². The van der Waals surface area contributed by atoms with E-state index in [1.165, 1.54) is 38.3 Å². The Labute approximate surface area is 189 Å². The molecular formula is C24H25F2N3O4. The van der Waals surface area contributed by atoms with Crippen LogP contribution in [0.2, 0.25) is 0 Å². The van der Waals surface area contributed by atoms with Gasteiger partial charge in [-0.25, -0.2) is 8.78 Å². The molecule has 0 radical (unpaired) electrons. The van der Waals surface area contributed by atoms with Gasteiger partial charge in [0.2, 0.25) is 0 Å². The van der Waals surface area contributed by atoms with Crippen molar-refractivity contribution in [2.45, 2.75) is 32.5 Å². The number of alkyl halides is 1. The van der Waals surface area contributed by atoms with E-state index in [1.807, 2.05) is 0 Å². The first-order chi connectivity index (χ1) is 15.6. The van der Waals surface area contributed by atoms with Crippen molar-refractivity contribution >= 4 is 5.91 Å². The molecule has 2 aromatic carbocycles. The highest BCUT2D eigenvalue weighted by Crippen LogP contribution is 2.31. The lowest BCUT2D eigenvalue weighted by molar-refractivity contribution is 0.0860. The number of amides is 1. The van der Waals surface area contributed by atoms with Crippen LogP contribution in [0.4, 0.5) is 8.78 Å². The summed E-state index contributed by atoms with van der Waals surface area (Å²) in [7, 11) is 1.30. The monoisotopic (exact) mass is 457 g/mol. The standard InChI is InChI=1S/C24H25F2N3O4/c1-14-16(7-5-8-17(14)24(3,26)13-30)15(2)27-23(32)18-11-12-21(31)29(28-18)19-9-6-10-20(33-4)22(19)25/h5-12,15,30H,13H2,1-4H3,(H,27,32)/t15-,24?/m1/s1. The van der Waals surface area contributed by atoms with Crippen LogP contribution in [-0.2, 0) is 5.67 Å². The molecule has 3 aromatic rings. The number of nitrogens with zero attached hydrogens (tertiary/aromatic N) is 2. The number of carbonyl (C=O) groups is 1. The first-order valence-corrected chi connectivity index (χ1v) is 10.2. The summed E-state index contributed by atoms with van der Waals surface area (Å²) in [6.07, 6.45) is 0. The zero-order valence-corrected chi connectivity index (χ0v) is 18.7. The largest absolute Gasteiger partial charge is 0.494 e. The molecule has 3 rings (SSSR count). The third-order valence-corrected chi connectivity index (χ3v) is 5.47. The van der Waals surface area contributed by atoms with Crippen LogP contribution in [0.15, 0.2) is 53.3 Å². The van der Waals surface area contributed by atoms with Crippen LogP contribution in [0.1, 0.15) is 47.1 Å². The summed E-state index contributed by atoms with van der Waals surface area (Å²) in [5.74, 6) is -1.46. The minimum atomic E-state index is -1.93. The molecule has 2 N–H and O–H groups in total. The fourth-order valence-electron chi connectivity index (χ4n) is 3.65. The fourth-order valence-corrected chi connectivity index (χ4v) is 3.65. The molecule has 7 nitrogen and oxygen atoms in total. The molecule has 0 saturated heterocycles. The summed E-state index contributed by atoms with van der Waals surface area (Å²) in [5.41, 5.74) is -1.24. The molecule has 0 fully saturated rings. The van der Waals surface area contributed by atoms with Crippen molar-refractivity contribution in [1.82, 2.24) is 15.1 Å². The van der Waals surface area contributed by atoms with Gasteiger partial charge >= 0.3 is 0 Å². The number of ether oxygens (including phenoxy) is 1. The van der Waals surface area contributed by atoms with Crippen molar-refractivity contribution in [3.05, 3.63) is 87.1 Å². The number of carbonyl (C=O) groups excluding carboxylic acids is 1. The molecule has 0 aliphatic carbocycles. The van der Waals surface area contributed by atoms with Gasteiger partial charge in [0.25, 0.3) is 11.5 Å². The van der Waals surface area contributed by atoms with E-state index in [4.69, 9.17) is 4.74 Å². The molecule has 1 heterocycles. The van der Waals surface area contributed by atoms with Gasteiger partial charge in [0.15, 0.2) is 17.2 Å². The van der Waals surface area contributed by atoms with Crippen molar-refractivity contribution in [3.63, 3.8) is 0 Å². The van der Waals surface area contributed by atoms with Crippen molar-refractivity contribution in [2.24, 2.45) is 0 Å². The average Bonchev–Trinajstić information content (AvgIpc) is 2.79. The SMILES string of the molecule is COc1cccc(-n2nc(C(=O)N[C@H](C)c3cccc(C(C)(F)CO)c3C)ccc2=O)c1F. The number of aliphatic hydroxyl groups is 1. The van der Waals surface area contributed by atoms with E-state index < -0.39 is 35.6 Å². The van der Waals surface area contributed by atoms with E-state index >= 15 is 0 Å². The molecule has 0 aliphatic rings. The number of aliphatic hydroxyl groups excluding tert-OH is 1. The van der Waals surface area contributed by atoms with Crippen LogP contribution in [-0.4, -0.2) is 34.5 Å². The van der Waals surface area contributed by atoms with Crippen LogP contribution < -0.4 is 15.6 Å². The van der Waals surface area contributed by atoms with Crippen LogP contribution in [0, 0.1) is 12.7 Å². The zero-order valence-electron chi connectivity index (χ0n) is 18.7. The van der Waals surface area contributed by atoms with E-state index in [0.717, 1.165) is 10.7 Å². The summed E-state index contributed by atoms with van der Waals surface area (Å²) >= 11 is 0. The van der Waals surface area contributed by atoms with Gasteiger partial charge in [0.1, 0.15) is 11.4 Å². The van der Waals surface area contributed by atoms with E-state index in [2.05, 4.69) is 10.4 Å². The number of hydrogen-bond donors (Lipinski definition) is 2. The first kappa shape index (κ1) is 24.1. The minimum Gasteiger partial charge on any atom is -0.494 e. The number of benzene rings is 2. The Hall–Kier alpha value is -3.59. The van der Waals surface area contributed by atoms with E-state index in [1.54, 1.807) is 32.0 Å². The highest BCUT2D eigenvalue weighted by molar-refractivity contribution is 5.92. The van der Waals surface area contributed by atoms with Crippen LogP contribution in [0.5, 0.6) is 5.75 Å². The summed E-state index contributed by atoms with van der Waals surface area (Å²) in [6.45, 7) is 4.04. The Kier molecular flexibility index (Phi) is 6.92. The molecular weight excluding hydrogens is 432 g/mol. The van der Waals surface area contributed by atoms with E-state index in [0.29, 0.717) is 16.7 Å². The van der Waals surface area contributed by atoms with E-state index in [9.17, 15) is 23.5 Å². The van der Waals surface area contributed by atoms with Crippen molar-refractivity contribution < 1.29 is 23.4 Å². The quantitative estimate of drug-likeness (QED) is 0.568. The highest BCUT2D eigenvalue weighted by atomic mass is 19.1. The van der Waals surface area contributed by atoms with Gasteiger partial charge in [0.05, 0.1) is 19.8 Å². The molecule has 0 aliphatic heterocycles. The smallest absolute Gasteiger partial charge is 0.272 e. The van der Waals surface area contributed by atoms with Crippen LogP contribution >= 0.6 is 0 Å². The normalized spacial score (nSPS) is 13.8. The van der Waals surface area contributed by atoms with Gasteiger partial charge < -0.3 is 15.2 Å². The van der Waals surface area contributed by atoms with E-state index in [-0.39, 0.29) is 17.1 Å². The molecule has 1 amide bonds. The van der Waals surface area contributed by atoms with Crippen LogP contribution in [0.25, 0.3) is 5.69 Å². The van der Waals surface area contributed by atoms with Crippen LogP contribution in [0.3, 0.4) is 0 Å². The predicted molar refractivity (Wildman–Crippen MR) is 119 cm³/mol. The van der Waals surface area contributed by atoms with Crippen molar-refractivity contribution in [1.29, 1.82) is 0 Å². The zero-order chi connectivity index (χ0) is 24.3. The van der Waals surface area contributed by atoms with Crippen molar-refractivity contribution in [3.8, 4) is 11.4 Å². The lowest BCUT2D eigenvalue weighted by Crippen LogP contribution is -2.31. The van der Waals surface area contributed by atoms with Gasteiger partial charge in [-0.2, -0.15) is 9.78 Å². The maximum absolute atomic E-state index is 14.7. The Morgan fingerprint density at radius 1 is 1.24 bits per heavy atom. The molecule has 2 atom stereocenters. The number of methoxy groups -OCH3 is 1. The summed E-state index contributed by atoms with van der Waals surface area (Å²) in [5, 5.41) is 16.2. The highest BCUT2D eigenvalue weighted by Gasteiger charge is 2.28. The topological polar surface area (TPSA) is 93.5 Å². The van der Waals surface area contributed by atoms with Gasteiger partial charge in [-0.15, -0.1) is 0 Å². The number of nitrogens with one attached hydrogen (secondary N) is 1. The predicted octanol–water partition coefficient (Wildman–Crippen LogP) is 3.36. The lowest BCUT2D eigenvalue weighted by Gasteiger charge is -2.24. The Morgan fingerprint density at radius 3 is 2.61 bits per heavy atom. The Balaban J connectivity index is 1.92. The third-order valence-electron chi connectivity index (χ3n) is 5.47. The number of hydrogen-bond acceptors (Lipinski definition) is 5. The average molecular weight is 457 g/mol. The van der Waals surface area contributed by atoms with Gasteiger partial charge in [-0.1, -0.05) is 24.3 Å². The minimum absolute atomic E-state index is 0.0669. The third kappa shape index (κ3) is 4.78. The molecule has 0 bridgehead atoms. The maximum atomic E-state index is 14.7. The second-order valence-electron chi connectivity index (χ2n) is 7.83. The van der Waals surface area contributed by atoms with Gasteiger partial charge in [-0.05, 0) is 55.7 Å². The second-order valence-corrected chi connectivity index (χ2v) is 7.83. The Morgan fingerprint density at radius 2 is 1.94 bits per heavy atom. The molecule has 0 spiro atoms. The summed E-state index contributed by atoms with van der Waals surface area (Å²) < 4.78 is 35.1. The molecule has 174 valence electrons. The Bertz CT molecular complexity index is 1240. The molecule has 33 heavy (non-hydrogen) atoms.